The number of likely N-dealkylation sites (tertiary alicyclic amines) is 2. The van der Waals surface area contributed by atoms with E-state index < -0.39 is 0 Å². The summed E-state index contributed by atoms with van der Waals surface area (Å²) in [6.07, 6.45) is 2.56. The first kappa shape index (κ1) is 16.0. The van der Waals surface area contributed by atoms with Gasteiger partial charge >= 0.3 is 0 Å². The van der Waals surface area contributed by atoms with Crippen LogP contribution in [-0.2, 0) is 18.3 Å². The SMILES string of the molecule is CCOC[C@H]1CCN(C)C2(C1)CN(Cc1cc(C)nn1C)C2. The smallest absolute Gasteiger partial charge is 0.0597 e. The average Bonchev–Trinajstić information content (AvgIpc) is 2.76. The van der Waals surface area contributed by atoms with Gasteiger partial charge in [-0.15, -0.1) is 0 Å². The molecule has 2 saturated heterocycles. The van der Waals surface area contributed by atoms with Gasteiger partial charge in [0.25, 0.3) is 0 Å². The van der Waals surface area contributed by atoms with Crippen LogP contribution < -0.4 is 0 Å². The third kappa shape index (κ3) is 3.07. The fraction of sp³-hybridized carbons (Fsp3) is 0.824. The molecule has 0 unspecified atom stereocenters. The molecule has 0 saturated carbocycles. The summed E-state index contributed by atoms with van der Waals surface area (Å²) >= 11 is 0. The normalized spacial score (nSPS) is 25.5. The number of aryl methyl sites for hydroxylation is 2. The van der Waals surface area contributed by atoms with E-state index in [1.807, 2.05) is 11.7 Å². The zero-order chi connectivity index (χ0) is 15.7. The maximum Gasteiger partial charge on any atom is 0.0597 e. The summed E-state index contributed by atoms with van der Waals surface area (Å²) in [5, 5.41) is 4.45. The maximum atomic E-state index is 5.67. The van der Waals surface area contributed by atoms with Crippen molar-refractivity contribution < 1.29 is 4.74 Å². The van der Waals surface area contributed by atoms with Gasteiger partial charge in [0.2, 0.25) is 0 Å². The lowest BCUT2D eigenvalue weighted by Crippen LogP contribution is -2.71. The molecule has 1 aromatic heterocycles. The molecule has 2 aliphatic rings. The van der Waals surface area contributed by atoms with E-state index in [1.165, 1.54) is 38.2 Å². The molecule has 2 fully saturated rings. The highest BCUT2D eigenvalue weighted by molar-refractivity contribution is 5.12. The number of rotatable bonds is 5. The zero-order valence-electron chi connectivity index (χ0n) is 14.5. The van der Waals surface area contributed by atoms with Gasteiger partial charge in [0.15, 0.2) is 0 Å². The molecular weight excluding hydrogens is 276 g/mol. The summed E-state index contributed by atoms with van der Waals surface area (Å²) in [6.45, 7) is 10.5. The van der Waals surface area contributed by atoms with E-state index in [4.69, 9.17) is 4.74 Å². The van der Waals surface area contributed by atoms with Crippen LogP contribution >= 0.6 is 0 Å². The van der Waals surface area contributed by atoms with Gasteiger partial charge < -0.3 is 4.74 Å². The van der Waals surface area contributed by atoms with E-state index in [-0.39, 0.29) is 0 Å². The fourth-order valence-electron chi connectivity index (χ4n) is 4.15. The third-order valence-electron chi connectivity index (χ3n) is 5.43. The molecule has 3 heterocycles. The van der Waals surface area contributed by atoms with Crippen LogP contribution in [0.2, 0.25) is 0 Å². The summed E-state index contributed by atoms with van der Waals surface area (Å²) in [4.78, 5) is 5.14. The second-order valence-electron chi connectivity index (χ2n) is 7.21. The first-order valence-electron chi connectivity index (χ1n) is 8.53. The van der Waals surface area contributed by atoms with Crippen LogP contribution in [0.4, 0.5) is 0 Å². The van der Waals surface area contributed by atoms with Crippen LogP contribution in [0.25, 0.3) is 0 Å². The Morgan fingerprint density at radius 2 is 2.14 bits per heavy atom. The van der Waals surface area contributed by atoms with Crippen molar-refractivity contribution in [2.45, 2.75) is 38.8 Å². The Bertz CT molecular complexity index is 505. The highest BCUT2D eigenvalue weighted by Crippen LogP contribution is 2.38. The van der Waals surface area contributed by atoms with Crippen LogP contribution in [0.1, 0.15) is 31.2 Å². The minimum Gasteiger partial charge on any atom is -0.381 e. The Morgan fingerprint density at radius 1 is 1.36 bits per heavy atom. The van der Waals surface area contributed by atoms with Crippen molar-refractivity contribution in [2.24, 2.45) is 13.0 Å². The average molecular weight is 306 g/mol. The molecule has 0 N–H and O–H groups in total. The molecule has 0 amide bonds. The second-order valence-corrected chi connectivity index (χ2v) is 7.21. The molecule has 3 rings (SSSR count). The predicted molar refractivity (Wildman–Crippen MR) is 87.8 cm³/mol. The Balaban J connectivity index is 1.56. The lowest BCUT2D eigenvalue weighted by Gasteiger charge is -2.58. The first-order valence-corrected chi connectivity index (χ1v) is 8.53. The molecule has 2 aliphatic heterocycles. The summed E-state index contributed by atoms with van der Waals surface area (Å²) < 4.78 is 7.68. The number of likely N-dealkylation sites (N-methyl/N-ethyl adjacent to an activating group) is 1. The van der Waals surface area contributed by atoms with Crippen LogP contribution in [0, 0.1) is 12.8 Å². The molecule has 1 spiro atoms. The Labute approximate surface area is 134 Å². The molecule has 0 radical (unpaired) electrons. The van der Waals surface area contributed by atoms with Gasteiger partial charge in [-0.2, -0.15) is 5.10 Å². The molecule has 0 aliphatic carbocycles. The molecule has 0 bridgehead atoms. The summed E-state index contributed by atoms with van der Waals surface area (Å²) in [5.74, 6) is 0.734. The number of hydrogen-bond donors (Lipinski definition) is 0. The van der Waals surface area contributed by atoms with Gasteiger partial charge in [0.1, 0.15) is 0 Å². The van der Waals surface area contributed by atoms with Gasteiger partial charge in [-0.1, -0.05) is 0 Å². The summed E-state index contributed by atoms with van der Waals surface area (Å²) in [5.41, 5.74) is 2.81. The van der Waals surface area contributed by atoms with Crippen LogP contribution in [0.5, 0.6) is 0 Å². The Morgan fingerprint density at radius 3 is 2.77 bits per heavy atom. The van der Waals surface area contributed by atoms with E-state index in [0.717, 1.165) is 31.4 Å². The topological polar surface area (TPSA) is 33.5 Å². The van der Waals surface area contributed by atoms with Crippen molar-refractivity contribution in [3.63, 3.8) is 0 Å². The second kappa shape index (κ2) is 6.30. The lowest BCUT2D eigenvalue weighted by molar-refractivity contribution is -0.0928. The van der Waals surface area contributed by atoms with Gasteiger partial charge in [0, 0.05) is 45.4 Å². The van der Waals surface area contributed by atoms with Crippen LogP contribution in [0.15, 0.2) is 6.07 Å². The minimum absolute atomic E-state index is 0.383. The van der Waals surface area contributed by atoms with Crippen LogP contribution in [0.3, 0.4) is 0 Å². The Kier molecular flexibility index (Phi) is 4.57. The quantitative estimate of drug-likeness (QED) is 0.828. The number of aromatic nitrogens is 2. The lowest BCUT2D eigenvalue weighted by atomic mass is 9.75. The standard InChI is InChI=1S/C17H30N4O/c1-5-22-11-15-6-7-19(3)17(9-15)12-21(13-17)10-16-8-14(2)18-20(16)4/h8,15H,5-7,9-13H2,1-4H3/t15-/m0/s1. The highest BCUT2D eigenvalue weighted by Gasteiger charge is 2.49. The molecular formula is C17H30N4O. The van der Waals surface area contributed by atoms with Crippen molar-refractivity contribution in [1.82, 2.24) is 19.6 Å². The van der Waals surface area contributed by atoms with Gasteiger partial charge in [0.05, 0.1) is 11.4 Å². The van der Waals surface area contributed by atoms with Gasteiger partial charge in [-0.05, 0) is 52.3 Å². The predicted octanol–water partition coefficient (Wildman–Crippen LogP) is 1.66. The minimum atomic E-state index is 0.383. The van der Waals surface area contributed by atoms with Crippen molar-refractivity contribution in [3.8, 4) is 0 Å². The number of ether oxygens (including phenoxy) is 1. The van der Waals surface area contributed by atoms with Crippen molar-refractivity contribution >= 4 is 0 Å². The van der Waals surface area contributed by atoms with Crippen molar-refractivity contribution in [1.29, 1.82) is 0 Å². The molecule has 5 heteroatoms. The molecule has 1 atom stereocenters. The molecule has 22 heavy (non-hydrogen) atoms. The summed E-state index contributed by atoms with van der Waals surface area (Å²) in [6, 6.07) is 2.20. The van der Waals surface area contributed by atoms with E-state index in [0.29, 0.717) is 5.54 Å². The van der Waals surface area contributed by atoms with E-state index in [9.17, 15) is 0 Å². The first-order chi connectivity index (χ1) is 10.5. The third-order valence-corrected chi connectivity index (χ3v) is 5.43. The van der Waals surface area contributed by atoms with Gasteiger partial charge in [-0.3, -0.25) is 14.5 Å². The highest BCUT2D eigenvalue weighted by atomic mass is 16.5. The molecule has 5 nitrogen and oxygen atoms in total. The van der Waals surface area contributed by atoms with E-state index in [1.54, 1.807) is 0 Å². The summed E-state index contributed by atoms with van der Waals surface area (Å²) in [7, 11) is 4.34. The number of nitrogens with zero attached hydrogens (tertiary/aromatic N) is 4. The van der Waals surface area contributed by atoms with Crippen molar-refractivity contribution in [2.75, 3.05) is 39.9 Å². The zero-order valence-corrected chi connectivity index (χ0v) is 14.5. The van der Waals surface area contributed by atoms with Gasteiger partial charge in [-0.25, -0.2) is 0 Å². The van der Waals surface area contributed by atoms with E-state index in [2.05, 4.69) is 41.9 Å². The van der Waals surface area contributed by atoms with Crippen LogP contribution in [-0.4, -0.2) is 65.0 Å². The molecule has 1 aromatic rings. The maximum absolute atomic E-state index is 5.67. The monoisotopic (exact) mass is 306 g/mol. The molecule has 124 valence electrons. The van der Waals surface area contributed by atoms with E-state index >= 15 is 0 Å². The Hall–Kier alpha value is -0.910. The van der Waals surface area contributed by atoms with Crippen molar-refractivity contribution in [3.05, 3.63) is 17.5 Å². The number of piperidine rings is 1. The molecule has 0 aromatic carbocycles. The largest absolute Gasteiger partial charge is 0.381 e. The fourth-order valence-corrected chi connectivity index (χ4v) is 4.15. The number of hydrogen-bond acceptors (Lipinski definition) is 4.